The van der Waals surface area contributed by atoms with E-state index in [1.54, 1.807) is 0 Å². The van der Waals surface area contributed by atoms with Crippen LogP contribution in [0.1, 0.15) is 0 Å². The molecule has 0 heterocycles. The van der Waals surface area contributed by atoms with Crippen LogP contribution in [0.3, 0.4) is 0 Å². The molecule has 0 unspecified atom stereocenters. The van der Waals surface area contributed by atoms with E-state index in [-0.39, 0.29) is 42.4 Å². The molecule has 0 rings (SSSR count). The molecule has 0 atom stereocenters. The summed E-state index contributed by atoms with van der Waals surface area (Å²) in [6, 6.07) is 0. The summed E-state index contributed by atoms with van der Waals surface area (Å²) in [4.78, 5) is 18.2. The molecule has 0 aromatic rings. The molecule has 0 amide bonds. The first kappa shape index (κ1) is 15.7. The molecule has 0 fully saturated rings. The molecule has 0 saturated carbocycles. The van der Waals surface area contributed by atoms with Gasteiger partial charge in [0.1, 0.15) is 0 Å². The van der Waals surface area contributed by atoms with Gasteiger partial charge in [-0.05, 0) is 0 Å². The van der Waals surface area contributed by atoms with E-state index in [1.165, 1.54) is 0 Å². The number of aliphatic carboxylic acids is 2. The van der Waals surface area contributed by atoms with Crippen molar-refractivity contribution < 1.29 is 62.2 Å². The van der Waals surface area contributed by atoms with Crippen LogP contribution in [-0.4, -0.2) is 27.6 Å². The largest absolute Gasteiger partial charge is 0.473 e. The Morgan fingerprint density at radius 2 is 1.12 bits per heavy atom. The van der Waals surface area contributed by atoms with Gasteiger partial charge in [0.25, 0.3) is 0 Å². The molecule has 0 aromatic carbocycles. The van der Waals surface area contributed by atoms with Crippen molar-refractivity contribution in [1.29, 1.82) is 0 Å². The molecular weight excluding hydrogens is 279 g/mol. The van der Waals surface area contributed by atoms with Gasteiger partial charge in [-0.2, -0.15) is 0 Å². The fourth-order valence-corrected chi connectivity index (χ4v) is 0. The number of rotatable bonds is 0. The van der Waals surface area contributed by atoms with E-state index in [0.717, 1.165) is 0 Å². The fraction of sp³-hybridized carbons (Fsp3) is 0. The van der Waals surface area contributed by atoms with Gasteiger partial charge in [-0.1, -0.05) is 0 Å². The zero-order valence-electron chi connectivity index (χ0n) is 3.47. The van der Waals surface area contributed by atoms with Gasteiger partial charge in [-0.15, -0.1) is 0 Å². The minimum Gasteiger partial charge on any atom is -0.473 e. The third-order valence-electron chi connectivity index (χ3n) is 0.183. The second kappa shape index (κ2) is 7.13. The van der Waals surface area contributed by atoms with Crippen LogP contribution in [0.15, 0.2) is 0 Å². The van der Waals surface area contributed by atoms with E-state index < -0.39 is 11.9 Å². The molecule has 0 aromatic heterocycles. The van der Waals surface area contributed by atoms with Gasteiger partial charge in [-0.3, -0.25) is 0 Å². The molecular formula is C2H4LuO5. The minimum atomic E-state index is -1.82. The molecule has 0 aliphatic carbocycles. The number of carbonyl (C=O) groups is 2. The summed E-state index contributed by atoms with van der Waals surface area (Å²) in [5.74, 6) is -3.65. The summed E-state index contributed by atoms with van der Waals surface area (Å²) in [6.45, 7) is 0. The molecule has 1 radical (unpaired) electrons. The van der Waals surface area contributed by atoms with Crippen LogP contribution in [-0.2, 0) is 9.59 Å². The normalized spacial score (nSPS) is 5.50. The van der Waals surface area contributed by atoms with Crippen LogP contribution in [0.2, 0.25) is 0 Å². The van der Waals surface area contributed by atoms with Crippen molar-refractivity contribution in [3.8, 4) is 0 Å². The average molecular weight is 283 g/mol. The van der Waals surface area contributed by atoms with Gasteiger partial charge in [0.2, 0.25) is 0 Å². The average Bonchev–Trinajstić information content (AvgIpc) is 1.36. The summed E-state index contributed by atoms with van der Waals surface area (Å²) in [5, 5.41) is 14.8. The van der Waals surface area contributed by atoms with Gasteiger partial charge in [0, 0.05) is 36.9 Å². The molecule has 0 saturated heterocycles. The SMILES string of the molecule is O.O=C(O)C(=O)O.[Lu]. The predicted molar refractivity (Wildman–Crippen MR) is 18.9 cm³/mol. The second-order valence-electron chi connectivity index (χ2n) is 0.610. The first-order chi connectivity index (χ1) is 2.64. The van der Waals surface area contributed by atoms with Crippen LogP contribution >= 0.6 is 0 Å². The zero-order valence-corrected chi connectivity index (χ0v) is 5.13. The van der Waals surface area contributed by atoms with Crippen molar-refractivity contribution in [2.24, 2.45) is 0 Å². The zero-order chi connectivity index (χ0) is 5.15. The number of carboxylic acid groups (broad SMARTS) is 2. The van der Waals surface area contributed by atoms with E-state index in [0.29, 0.717) is 0 Å². The van der Waals surface area contributed by atoms with Gasteiger partial charge < -0.3 is 15.7 Å². The van der Waals surface area contributed by atoms with Gasteiger partial charge in [0.15, 0.2) is 0 Å². The van der Waals surface area contributed by atoms with Crippen molar-refractivity contribution in [1.82, 2.24) is 0 Å². The molecule has 0 bridgehead atoms. The van der Waals surface area contributed by atoms with Gasteiger partial charge in [0.05, 0.1) is 0 Å². The van der Waals surface area contributed by atoms with Crippen LogP contribution in [0.4, 0.5) is 0 Å². The maximum Gasteiger partial charge on any atom is 0.414 e. The van der Waals surface area contributed by atoms with Gasteiger partial charge in [-0.25, -0.2) is 9.59 Å². The molecule has 6 heteroatoms. The Labute approximate surface area is 73.8 Å². The molecule has 0 aliphatic heterocycles. The fourth-order valence-electron chi connectivity index (χ4n) is 0. The van der Waals surface area contributed by atoms with E-state index in [1.807, 2.05) is 0 Å². The maximum absolute atomic E-state index is 9.10. The first-order valence-electron chi connectivity index (χ1n) is 1.11. The minimum absolute atomic E-state index is 0. The molecule has 8 heavy (non-hydrogen) atoms. The third kappa shape index (κ3) is 9.46. The Bertz CT molecular complexity index is 76.4. The van der Waals surface area contributed by atoms with Crippen molar-refractivity contribution in [2.75, 3.05) is 0 Å². The molecule has 4 N–H and O–H groups in total. The topological polar surface area (TPSA) is 106 Å². The monoisotopic (exact) mass is 283 g/mol. The van der Waals surface area contributed by atoms with Gasteiger partial charge >= 0.3 is 11.9 Å². The van der Waals surface area contributed by atoms with Crippen LogP contribution < -0.4 is 0 Å². The third-order valence-corrected chi connectivity index (χ3v) is 0.183. The Morgan fingerprint density at radius 3 is 1.12 bits per heavy atom. The standard InChI is InChI=1S/C2H2O4.Lu.H2O/c3-1(4)2(5)6;;/h(H,3,4)(H,5,6);;1H2. The predicted octanol–water partition coefficient (Wildman–Crippen LogP) is -1.67. The molecule has 0 spiro atoms. The summed E-state index contributed by atoms with van der Waals surface area (Å²) in [5.41, 5.74) is 0. The summed E-state index contributed by atoms with van der Waals surface area (Å²) >= 11 is 0. The summed E-state index contributed by atoms with van der Waals surface area (Å²) in [7, 11) is 0. The van der Waals surface area contributed by atoms with Crippen molar-refractivity contribution in [2.45, 2.75) is 0 Å². The number of carboxylic acids is 2. The van der Waals surface area contributed by atoms with E-state index in [2.05, 4.69) is 0 Å². The Morgan fingerprint density at radius 1 is 1.00 bits per heavy atom. The van der Waals surface area contributed by atoms with Crippen molar-refractivity contribution in [3.63, 3.8) is 0 Å². The molecule has 57 valence electrons. The summed E-state index contributed by atoms with van der Waals surface area (Å²) in [6.07, 6.45) is 0. The van der Waals surface area contributed by atoms with Crippen LogP contribution in [0, 0.1) is 36.9 Å². The Balaban J connectivity index is -0.000000125. The summed E-state index contributed by atoms with van der Waals surface area (Å²) < 4.78 is 0. The van der Waals surface area contributed by atoms with Crippen LogP contribution in [0.5, 0.6) is 0 Å². The molecule has 0 aliphatic rings. The quantitative estimate of drug-likeness (QED) is 0.518. The molecule has 5 nitrogen and oxygen atoms in total. The second-order valence-corrected chi connectivity index (χ2v) is 0.610. The van der Waals surface area contributed by atoms with E-state index in [9.17, 15) is 0 Å². The first-order valence-corrected chi connectivity index (χ1v) is 1.11. The maximum atomic E-state index is 9.10. The Kier molecular flexibility index (Phi) is 14.0. The smallest absolute Gasteiger partial charge is 0.414 e. The van der Waals surface area contributed by atoms with Crippen molar-refractivity contribution in [3.05, 3.63) is 0 Å². The van der Waals surface area contributed by atoms with Crippen LogP contribution in [0.25, 0.3) is 0 Å². The number of hydrogen-bond donors (Lipinski definition) is 2. The Hall–Kier alpha value is 0.134. The van der Waals surface area contributed by atoms with E-state index >= 15 is 0 Å². The van der Waals surface area contributed by atoms with E-state index in [4.69, 9.17) is 19.8 Å². The van der Waals surface area contributed by atoms with Crippen molar-refractivity contribution >= 4 is 11.9 Å². The number of hydrogen-bond acceptors (Lipinski definition) is 2.